The first-order valence-corrected chi connectivity index (χ1v) is 11.4. The fourth-order valence-corrected chi connectivity index (χ4v) is 5.82. The van der Waals surface area contributed by atoms with Crippen molar-refractivity contribution < 1.29 is 27.5 Å². The number of halogens is 2. The Balaban J connectivity index is 1.64. The lowest BCUT2D eigenvalue weighted by atomic mass is 9.90. The van der Waals surface area contributed by atoms with Crippen molar-refractivity contribution in [1.29, 1.82) is 0 Å². The molecule has 29 heavy (non-hydrogen) atoms. The Kier molecular flexibility index (Phi) is 6.82. The standard InChI is InChI=1S/C20H18Cl2O6S/c21-15-5-1-3-7-17(15)27-19(23)9-13-11-29(25,26)12-14(13)10-20(24)28-18-8-4-2-6-16(18)22/h1-8,13-14H,9-12H2/t13-,14-/m0/s1. The lowest BCUT2D eigenvalue weighted by Crippen LogP contribution is -2.23. The summed E-state index contributed by atoms with van der Waals surface area (Å²) >= 11 is 11.9. The SMILES string of the molecule is O=C(C[C@H]1CS(=O)(=O)C[C@@H]1CC(=O)Oc1ccccc1Cl)Oc1ccccc1Cl. The molecule has 0 unspecified atom stereocenters. The van der Waals surface area contributed by atoms with Crippen LogP contribution in [0.25, 0.3) is 0 Å². The minimum atomic E-state index is -3.37. The maximum Gasteiger partial charge on any atom is 0.311 e. The lowest BCUT2D eigenvalue weighted by molar-refractivity contribution is -0.138. The van der Waals surface area contributed by atoms with Gasteiger partial charge in [0.2, 0.25) is 0 Å². The van der Waals surface area contributed by atoms with Gasteiger partial charge < -0.3 is 9.47 Å². The second-order valence-electron chi connectivity index (χ2n) is 6.81. The van der Waals surface area contributed by atoms with E-state index < -0.39 is 33.6 Å². The van der Waals surface area contributed by atoms with Crippen molar-refractivity contribution in [2.45, 2.75) is 12.8 Å². The molecule has 0 aromatic heterocycles. The molecule has 1 saturated heterocycles. The average molecular weight is 457 g/mol. The van der Waals surface area contributed by atoms with E-state index >= 15 is 0 Å². The van der Waals surface area contributed by atoms with Gasteiger partial charge in [-0.2, -0.15) is 0 Å². The Morgan fingerprint density at radius 3 is 1.55 bits per heavy atom. The van der Waals surface area contributed by atoms with E-state index in [-0.39, 0.29) is 45.9 Å². The van der Waals surface area contributed by atoms with Crippen LogP contribution < -0.4 is 9.47 Å². The molecule has 3 rings (SSSR count). The van der Waals surface area contributed by atoms with Crippen molar-refractivity contribution in [3.8, 4) is 11.5 Å². The first-order chi connectivity index (χ1) is 13.7. The van der Waals surface area contributed by atoms with Crippen LogP contribution in [0.15, 0.2) is 48.5 Å². The third kappa shape index (κ3) is 5.95. The zero-order valence-electron chi connectivity index (χ0n) is 15.2. The molecule has 1 aliphatic heterocycles. The number of rotatable bonds is 6. The summed E-state index contributed by atoms with van der Waals surface area (Å²) in [6.07, 6.45) is -0.289. The molecule has 2 atom stereocenters. The summed E-state index contributed by atoms with van der Waals surface area (Å²) in [5, 5.41) is 0.555. The molecular formula is C20H18Cl2O6S. The zero-order chi connectivity index (χ0) is 21.0. The minimum absolute atomic E-state index is 0.144. The Morgan fingerprint density at radius 1 is 0.793 bits per heavy atom. The normalized spacial score (nSPS) is 20.2. The van der Waals surface area contributed by atoms with E-state index in [1.807, 2.05) is 0 Å². The van der Waals surface area contributed by atoms with Crippen LogP contribution >= 0.6 is 23.2 Å². The molecule has 1 heterocycles. The minimum Gasteiger partial charge on any atom is -0.425 e. The Bertz CT molecular complexity index is 946. The van der Waals surface area contributed by atoms with Crippen molar-refractivity contribution in [2.75, 3.05) is 11.5 Å². The van der Waals surface area contributed by atoms with Crippen molar-refractivity contribution in [2.24, 2.45) is 11.8 Å². The van der Waals surface area contributed by atoms with Crippen LogP contribution in [0.2, 0.25) is 10.0 Å². The van der Waals surface area contributed by atoms with E-state index in [2.05, 4.69) is 0 Å². The van der Waals surface area contributed by atoms with Gasteiger partial charge in [0.1, 0.15) is 11.5 Å². The molecule has 0 radical (unpaired) electrons. The summed E-state index contributed by atoms with van der Waals surface area (Å²) < 4.78 is 34.7. The number of hydrogen-bond acceptors (Lipinski definition) is 6. The first kappa shape index (κ1) is 21.6. The van der Waals surface area contributed by atoms with Gasteiger partial charge in [-0.25, -0.2) is 8.42 Å². The predicted molar refractivity (Wildman–Crippen MR) is 109 cm³/mol. The fourth-order valence-electron chi connectivity index (χ4n) is 3.26. The van der Waals surface area contributed by atoms with E-state index in [1.165, 1.54) is 0 Å². The number of carbonyl (C=O) groups is 2. The molecular weight excluding hydrogens is 439 g/mol. The van der Waals surface area contributed by atoms with Gasteiger partial charge in [-0.15, -0.1) is 0 Å². The molecule has 1 aliphatic rings. The second-order valence-corrected chi connectivity index (χ2v) is 9.78. The number of para-hydroxylation sites is 2. The number of ether oxygens (including phenoxy) is 2. The highest BCUT2D eigenvalue weighted by Crippen LogP contribution is 2.33. The second kappa shape index (κ2) is 9.15. The maximum absolute atomic E-state index is 12.3. The molecule has 2 aromatic carbocycles. The van der Waals surface area contributed by atoms with Gasteiger partial charge in [0.15, 0.2) is 9.84 Å². The Hall–Kier alpha value is -2.09. The van der Waals surface area contributed by atoms with Crippen LogP contribution in [0.4, 0.5) is 0 Å². The molecule has 6 nitrogen and oxygen atoms in total. The molecule has 1 fully saturated rings. The van der Waals surface area contributed by atoms with Crippen LogP contribution in [0.3, 0.4) is 0 Å². The van der Waals surface area contributed by atoms with E-state index in [0.29, 0.717) is 0 Å². The van der Waals surface area contributed by atoms with Gasteiger partial charge in [0.05, 0.1) is 34.4 Å². The highest BCUT2D eigenvalue weighted by Gasteiger charge is 2.40. The third-order valence-corrected chi connectivity index (χ3v) is 7.08. The molecule has 0 N–H and O–H groups in total. The maximum atomic E-state index is 12.3. The van der Waals surface area contributed by atoms with E-state index in [9.17, 15) is 18.0 Å². The lowest BCUT2D eigenvalue weighted by Gasteiger charge is -2.17. The Morgan fingerprint density at radius 2 is 1.17 bits per heavy atom. The molecule has 0 aliphatic carbocycles. The number of sulfone groups is 1. The van der Waals surface area contributed by atoms with E-state index in [1.54, 1.807) is 48.5 Å². The van der Waals surface area contributed by atoms with Crippen molar-refractivity contribution in [3.63, 3.8) is 0 Å². The van der Waals surface area contributed by atoms with Gasteiger partial charge in [0, 0.05) is 0 Å². The van der Waals surface area contributed by atoms with Gasteiger partial charge in [-0.1, -0.05) is 47.5 Å². The number of benzene rings is 2. The predicted octanol–water partition coefficient (Wildman–Crippen LogP) is 3.95. The largest absolute Gasteiger partial charge is 0.425 e. The summed E-state index contributed by atoms with van der Waals surface area (Å²) in [6, 6.07) is 13.0. The molecule has 0 saturated carbocycles. The quantitative estimate of drug-likeness (QED) is 0.483. The van der Waals surface area contributed by atoms with Crippen LogP contribution in [-0.4, -0.2) is 31.9 Å². The smallest absolute Gasteiger partial charge is 0.311 e. The van der Waals surface area contributed by atoms with Crippen LogP contribution in [0, 0.1) is 11.8 Å². The first-order valence-electron chi connectivity index (χ1n) is 8.84. The van der Waals surface area contributed by atoms with Crippen LogP contribution in [0.1, 0.15) is 12.8 Å². The highest BCUT2D eigenvalue weighted by atomic mass is 35.5. The van der Waals surface area contributed by atoms with Crippen LogP contribution in [0.5, 0.6) is 11.5 Å². The van der Waals surface area contributed by atoms with Crippen LogP contribution in [-0.2, 0) is 19.4 Å². The molecule has 0 amide bonds. The van der Waals surface area contributed by atoms with Gasteiger partial charge >= 0.3 is 11.9 Å². The number of esters is 2. The number of carbonyl (C=O) groups excluding carboxylic acids is 2. The van der Waals surface area contributed by atoms with Gasteiger partial charge in [-0.05, 0) is 36.1 Å². The molecule has 0 spiro atoms. The summed E-state index contributed by atoms with van der Waals surface area (Å²) in [4.78, 5) is 24.6. The van der Waals surface area contributed by atoms with Crippen molar-refractivity contribution in [1.82, 2.24) is 0 Å². The number of hydrogen-bond donors (Lipinski definition) is 0. The van der Waals surface area contributed by atoms with Crippen molar-refractivity contribution >= 4 is 45.0 Å². The molecule has 154 valence electrons. The Labute approximate surface area is 178 Å². The van der Waals surface area contributed by atoms with Crippen molar-refractivity contribution in [3.05, 3.63) is 58.6 Å². The average Bonchev–Trinajstić information content (AvgIpc) is 2.92. The highest BCUT2D eigenvalue weighted by molar-refractivity contribution is 7.91. The van der Waals surface area contributed by atoms with E-state index in [0.717, 1.165) is 0 Å². The fraction of sp³-hybridized carbons (Fsp3) is 0.300. The summed E-state index contributed by atoms with van der Waals surface area (Å²) in [7, 11) is -3.37. The topological polar surface area (TPSA) is 86.7 Å². The molecule has 2 aromatic rings. The summed E-state index contributed by atoms with van der Waals surface area (Å²) in [5.74, 6) is -2.27. The molecule has 9 heteroatoms. The summed E-state index contributed by atoms with van der Waals surface area (Å²) in [6.45, 7) is 0. The zero-order valence-corrected chi connectivity index (χ0v) is 17.5. The third-order valence-electron chi connectivity index (χ3n) is 4.58. The molecule has 0 bridgehead atoms. The van der Waals surface area contributed by atoms with Gasteiger partial charge in [0.25, 0.3) is 0 Å². The monoisotopic (exact) mass is 456 g/mol. The van der Waals surface area contributed by atoms with E-state index in [4.69, 9.17) is 32.7 Å². The van der Waals surface area contributed by atoms with Gasteiger partial charge in [-0.3, -0.25) is 9.59 Å². The summed E-state index contributed by atoms with van der Waals surface area (Å²) in [5.41, 5.74) is 0.